The lowest BCUT2D eigenvalue weighted by Gasteiger charge is -2.30. The smallest absolute Gasteiger partial charge is 0.128 e. The average Bonchev–Trinajstić information content (AvgIpc) is 2.23. The third kappa shape index (κ3) is 2.72. The molecule has 15 heavy (non-hydrogen) atoms. The lowest BCUT2D eigenvalue weighted by atomic mass is 10.1. The summed E-state index contributed by atoms with van der Waals surface area (Å²) in [5, 5.41) is 0. The van der Waals surface area contributed by atoms with E-state index in [2.05, 4.69) is 54.7 Å². The Balaban J connectivity index is 2.12. The fourth-order valence-electron chi connectivity index (χ4n) is 1.77. The molecule has 1 aliphatic rings. The van der Waals surface area contributed by atoms with E-state index in [1.165, 1.54) is 18.4 Å². The van der Waals surface area contributed by atoms with Crippen molar-refractivity contribution in [2.45, 2.75) is 24.6 Å². The van der Waals surface area contributed by atoms with Crippen LogP contribution in [0.5, 0.6) is 0 Å². The molecule has 2 rings (SSSR count). The van der Waals surface area contributed by atoms with E-state index in [0.717, 1.165) is 23.4 Å². The molecule has 0 N–H and O–H groups in total. The van der Waals surface area contributed by atoms with E-state index in [9.17, 15) is 0 Å². The van der Waals surface area contributed by atoms with Crippen molar-refractivity contribution >= 4 is 37.7 Å². The Morgan fingerprint density at radius 1 is 1.40 bits per heavy atom. The molecule has 0 amide bonds. The van der Waals surface area contributed by atoms with Crippen LogP contribution in [0, 0.1) is 6.92 Å². The second kappa shape index (κ2) is 4.83. The Labute approximate surface area is 107 Å². The molecule has 0 aliphatic carbocycles. The molecular formula is C11H14Br2N2. The molecule has 0 bridgehead atoms. The minimum Gasteiger partial charge on any atom is -0.357 e. The molecule has 0 saturated carbocycles. The van der Waals surface area contributed by atoms with E-state index in [1.54, 1.807) is 0 Å². The zero-order chi connectivity index (χ0) is 10.8. The second-order valence-electron chi connectivity index (χ2n) is 3.95. The van der Waals surface area contributed by atoms with Crippen LogP contribution in [0.3, 0.4) is 0 Å². The molecule has 0 unspecified atom stereocenters. The van der Waals surface area contributed by atoms with Gasteiger partial charge in [-0.25, -0.2) is 4.98 Å². The van der Waals surface area contributed by atoms with Gasteiger partial charge in [-0.2, -0.15) is 0 Å². The van der Waals surface area contributed by atoms with Crippen molar-refractivity contribution in [1.82, 2.24) is 4.98 Å². The molecule has 0 radical (unpaired) electrons. The van der Waals surface area contributed by atoms with Crippen LogP contribution in [-0.4, -0.2) is 22.9 Å². The molecule has 1 aromatic heterocycles. The van der Waals surface area contributed by atoms with Crippen LogP contribution in [0.15, 0.2) is 16.7 Å². The third-order valence-corrected chi connectivity index (χ3v) is 4.53. The molecule has 0 spiro atoms. The summed E-state index contributed by atoms with van der Waals surface area (Å²) in [4.78, 5) is 7.50. The first kappa shape index (κ1) is 11.4. The molecule has 1 saturated heterocycles. The summed E-state index contributed by atoms with van der Waals surface area (Å²) in [6, 6.07) is 2.15. The highest BCUT2D eigenvalue weighted by atomic mass is 79.9. The van der Waals surface area contributed by atoms with Crippen molar-refractivity contribution in [3.63, 3.8) is 0 Å². The van der Waals surface area contributed by atoms with Gasteiger partial charge in [-0.1, -0.05) is 15.9 Å². The van der Waals surface area contributed by atoms with Gasteiger partial charge in [-0.3, -0.25) is 0 Å². The highest BCUT2D eigenvalue weighted by Gasteiger charge is 2.17. The first-order valence-electron chi connectivity index (χ1n) is 5.18. The number of rotatable bonds is 1. The Hall–Kier alpha value is -0.0900. The molecule has 82 valence electrons. The molecule has 2 heterocycles. The minimum atomic E-state index is 0.685. The third-order valence-electron chi connectivity index (χ3n) is 2.78. The fraction of sp³-hybridized carbons (Fsp3) is 0.545. The van der Waals surface area contributed by atoms with Crippen molar-refractivity contribution in [2.24, 2.45) is 0 Å². The predicted molar refractivity (Wildman–Crippen MR) is 70.8 cm³/mol. The lowest BCUT2D eigenvalue weighted by Crippen LogP contribution is -2.34. The summed E-state index contributed by atoms with van der Waals surface area (Å²) >= 11 is 7.13. The largest absolute Gasteiger partial charge is 0.357 e. The molecule has 2 nitrogen and oxygen atoms in total. The SMILES string of the molecule is Cc1cc(N2CCC(Br)CC2)ncc1Br. The quantitative estimate of drug-likeness (QED) is 0.731. The van der Waals surface area contributed by atoms with Gasteiger partial charge < -0.3 is 4.90 Å². The Bertz CT molecular complexity index is 346. The Morgan fingerprint density at radius 2 is 2.07 bits per heavy atom. The van der Waals surface area contributed by atoms with E-state index in [0.29, 0.717) is 4.83 Å². The van der Waals surface area contributed by atoms with Gasteiger partial charge in [-0.15, -0.1) is 0 Å². The number of piperidine rings is 1. The van der Waals surface area contributed by atoms with Crippen LogP contribution in [-0.2, 0) is 0 Å². The number of anilines is 1. The van der Waals surface area contributed by atoms with Crippen LogP contribution < -0.4 is 4.90 Å². The predicted octanol–water partition coefficient (Wildman–Crippen LogP) is 3.52. The van der Waals surface area contributed by atoms with E-state index in [1.807, 2.05) is 6.20 Å². The summed E-state index contributed by atoms with van der Waals surface area (Å²) in [7, 11) is 0. The summed E-state index contributed by atoms with van der Waals surface area (Å²) in [5.41, 5.74) is 1.25. The summed E-state index contributed by atoms with van der Waals surface area (Å²) in [6.07, 6.45) is 4.30. The van der Waals surface area contributed by atoms with Crippen LogP contribution in [0.2, 0.25) is 0 Å². The van der Waals surface area contributed by atoms with Gasteiger partial charge in [-0.05, 0) is 47.3 Å². The van der Waals surface area contributed by atoms with E-state index < -0.39 is 0 Å². The van der Waals surface area contributed by atoms with Gasteiger partial charge in [0.05, 0.1) is 0 Å². The second-order valence-corrected chi connectivity index (χ2v) is 6.10. The summed E-state index contributed by atoms with van der Waals surface area (Å²) < 4.78 is 1.08. The lowest BCUT2D eigenvalue weighted by molar-refractivity contribution is 0.592. The summed E-state index contributed by atoms with van der Waals surface area (Å²) in [5.74, 6) is 1.11. The Kier molecular flexibility index (Phi) is 3.67. The van der Waals surface area contributed by atoms with Gasteiger partial charge >= 0.3 is 0 Å². The van der Waals surface area contributed by atoms with Crippen molar-refractivity contribution in [1.29, 1.82) is 0 Å². The minimum absolute atomic E-state index is 0.685. The molecule has 1 aliphatic heterocycles. The normalized spacial score (nSPS) is 18.2. The van der Waals surface area contributed by atoms with Gasteiger partial charge in [0.25, 0.3) is 0 Å². The van der Waals surface area contributed by atoms with Crippen LogP contribution >= 0.6 is 31.9 Å². The fourth-order valence-corrected chi connectivity index (χ4v) is 2.40. The van der Waals surface area contributed by atoms with Crippen LogP contribution in [0.25, 0.3) is 0 Å². The van der Waals surface area contributed by atoms with Crippen LogP contribution in [0.4, 0.5) is 5.82 Å². The maximum Gasteiger partial charge on any atom is 0.128 e. The topological polar surface area (TPSA) is 16.1 Å². The molecule has 4 heteroatoms. The van der Waals surface area contributed by atoms with Crippen molar-refractivity contribution < 1.29 is 0 Å². The van der Waals surface area contributed by atoms with Crippen molar-refractivity contribution in [2.75, 3.05) is 18.0 Å². The highest BCUT2D eigenvalue weighted by Crippen LogP contribution is 2.24. The molecule has 0 aromatic carbocycles. The van der Waals surface area contributed by atoms with Crippen molar-refractivity contribution in [3.05, 3.63) is 22.3 Å². The number of alkyl halides is 1. The number of hydrogen-bond donors (Lipinski definition) is 0. The molecular weight excluding hydrogens is 320 g/mol. The van der Waals surface area contributed by atoms with E-state index >= 15 is 0 Å². The maximum atomic E-state index is 4.45. The molecule has 1 aromatic rings. The zero-order valence-electron chi connectivity index (χ0n) is 8.71. The number of pyridine rings is 1. The van der Waals surface area contributed by atoms with Gasteiger partial charge in [0.2, 0.25) is 0 Å². The van der Waals surface area contributed by atoms with Crippen LogP contribution in [0.1, 0.15) is 18.4 Å². The van der Waals surface area contributed by atoms with Crippen molar-refractivity contribution in [3.8, 4) is 0 Å². The number of nitrogens with zero attached hydrogens (tertiary/aromatic N) is 2. The number of hydrogen-bond acceptors (Lipinski definition) is 2. The average molecular weight is 334 g/mol. The Morgan fingerprint density at radius 3 is 2.67 bits per heavy atom. The number of aryl methyl sites for hydroxylation is 1. The van der Waals surface area contributed by atoms with E-state index in [4.69, 9.17) is 0 Å². The van der Waals surface area contributed by atoms with E-state index in [-0.39, 0.29) is 0 Å². The summed E-state index contributed by atoms with van der Waals surface area (Å²) in [6.45, 7) is 4.31. The first-order valence-corrected chi connectivity index (χ1v) is 6.89. The maximum absolute atomic E-state index is 4.45. The number of halogens is 2. The monoisotopic (exact) mass is 332 g/mol. The zero-order valence-corrected chi connectivity index (χ0v) is 11.9. The van der Waals surface area contributed by atoms with Gasteiger partial charge in [0, 0.05) is 28.6 Å². The van der Waals surface area contributed by atoms with Gasteiger partial charge in [0.15, 0.2) is 0 Å². The number of aromatic nitrogens is 1. The molecule has 0 atom stereocenters. The highest BCUT2D eigenvalue weighted by molar-refractivity contribution is 9.10. The standard InChI is InChI=1S/C11H14Br2N2/c1-8-6-11(14-7-10(8)13)15-4-2-9(12)3-5-15/h6-7,9H,2-5H2,1H3. The van der Waals surface area contributed by atoms with Gasteiger partial charge in [0.1, 0.15) is 5.82 Å². The molecule has 1 fully saturated rings. The first-order chi connectivity index (χ1) is 7.16.